The van der Waals surface area contributed by atoms with Crippen LogP contribution in [0.1, 0.15) is 49.1 Å². The zero-order valence-electron chi connectivity index (χ0n) is 14.1. The van der Waals surface area contributed by atoms with Gasteiger partial charge >= 0.3 is 6.18 Å². The molecule has 1 atom stereocenters. The quantitative estimate of drug-likeness (QED) is 0.715. The molecular weight excluding hydrogens is 325 g/mol. The number of benzene rings is 2. The fourth-order valence-corrected chi connectivity index (χ4v) is 3.84. The molecule has 0 unspecified atom stereocenters. The number of hydrogen-bond donors (Lipinski definition) is 1. The fraction of sp³-hybridized carbons (Fsp3) is 0.429. The highest BCUT2D eigenvalue weighted by Crippen LogP contribution is 2.36. The summed E-state index contributed by atoms with van der Waals surface area (Å²) in [6, 6.07) is 13.1. The van der Waals surface area contributed by atoms with E-state index in [0.29, 0.717) is 5.92 Å². The van der Waals surface area contributed by atoms with Gasteiger partial charge in [-0.05, 0) is 47.6 Å². The molecule has 0 amide bonds. The summed E-state index contributed by atoms with van der Waals surface area (Å²) in [4.78, 5) is 0. The topological polar surface area (TPSA) is 20.2 Å². The monoisotopic (exact) mass is 348 g/mol. The second-order valence-corrected chi connectivity index (χ2v) is 6.88. The standard InChI is InChI=1S/C21H23F3O/c22-21(23,24)19-12-10-16(11-13-19)15-6-8-18(9-7-15)20(14-25)17-4-2-1-3-5-17/h6-13,17,20,25H,1-5,14H2/t20-/m0/s1. The van der Waals surface area contributed by atoms with Crippen LogP contribution in [0.3, 0.4) is 0 Å². The lowest BCUT2D eigenvalue weighted by Crippen LogP contribution is -2.19. The Bertz CT molecular complexity index is 668. The Labute approximate surface area is 146 Å². The van der Waals surface area contributed by atoms with Crippen LogP contribution in [0.25, 0.3) is 11.1 Å². The third-order valence-electron chi connectivity index (χ3n) is 5.30. The van der Waals surface area contributed by atoms with Crippen molar-refractivity contribution in [3.63, 3.8) is 0 Å². The lowest BCUT2D eigenvalue weighted by Gasteiger charge is -2.29. The summed E-state index contributed by atoms with van der Waals surface area (Å²) in [6.07, 6.45) is 1.74. The smallest absolute Gasteiger partial charge is 0.396 e. The Hall–Kier alpha value is -1.81. The van der Waals surface area contributed by atoms with Gasteiger partial charge in [-0.2, -0.15) is 13.2 Å². The predicted octanol–water partition coefficient (Wildman–Crippen LogP) is 6.03. The van der Waals surface area contributed by atoms with Crippen molar-refractivity contribution in [1.29, 1.82) is 0 Å². The van der Waals surface area contributed by atoms with E-state index in [1.165, 1.54) is 31.4 Å². The first-order valence-electron chi connectivity index (χ1n) is 8.87. The molecule has 0 aromatic heterocycles. The van der Waals surface area contributed by atoms with Gasteiger partial charge in [-0.15, -0.1) is 0 Å². The summed E-state index contributed by atoms with van der Waals surface area (Å²) in [6.45, 7) is 0.143. The molecule has 2 aromatic carbocycles. The molecule has 0 bridgehead atoms. The van der Waals surface area contributed by atoms with Gasteiger partial charge in [0.15, 0.2) is 0 Å². The molecular formula is C21H23F3O. The molecule has 1 fully saturated rings. The number of aliphatic hydroxyl groups is 1. The van der Waals surface area contributed by atoms with Crippen LogP contribution in [-0.4, -0.2) is 11.7 Å². The van der Waals surface area contributed by atoms with Crippen LogP contribution in [0, 0.1) is 5.92 Å². The molecule has 134 valence electrons. The summed E-state index contributed by atoms with van der Waals surface area (Å²) in [7, 11) is 0. The largest absolute Gasteiger partial charge is 0.416 e. The lowest BCUT2D eigenvalue weighted by molar-refractivity contribution is -0.137. The van der Waals surface area contributed by atoms with Gasteiger partial charge in [0.25, 0.3) is 0 Å². The Morgan fingerprint density at radius 2 is 1.36 bits per heavy atom. The highest BCUT2D eigenvalue weighted by molar-refractivity contribution is 5.64. The van der Waals surface area contributed by atoms with Crippen molar-refractivity contribution in [1.82, 2.24) is 0 Å². The van der Waals surface area contributed by atoms with Crippen LogP contribution < -0.4 is 0 Å². The maximum atomic E-state index is 12.7. The average molecular weight is 348 g/mol. The minimum atomic E-state index is -4.31. The van der Waals surface area contributed by atoms with E-state index in [9.17, 15) is 18.3 Å². The van der Waals surface area contributed by atoms with E-state index in [0.717, 1.165) is 41.7 Å². The third-order valence-corrected chi connectivity index (χ3v) is 5.30. The molecule has 0 spiro atoms. The molecule has 0 aliphatic heterocycles. The zero-order valence-corrected chi connectivity index (χ0v) is 14.1. The van der Waals surface area contributed by atoms with E-state index >= 15 is 0 Å². The Morgan fingerprint density at radius 3 is 1.84 bits per heavy atom. The van der Waals surface area contributed by atoms with Gasteiger partial charge in [-0.1, -0.05) is 55.7 Å². The minimum Gasteiger partial charge on any atom is -0.396 e. The van der Waals surface area contributed by atoms with E-state index in [4.69, 9.17) is 0 Å². The van der Waals surface area contributed by atoms with Crippen molar-refractivity contribution in [3.05, 3.63) is 59.7 Å². The first-order chi connectivity index (χ1) is 12.0. The second kappa shape index (κ2) is 7.61. The normalized spacial score (nSPS) is 17.4. The van der Waals surface area contributed by atoms with E-state index in [1.807, 2.05) is 24.3 Å². The highest BCUT2D eigenvalue weighted by atomic mass is 19.4. The van der Waals surface area contributed by atoms with Crippen molar-refractivity contribution >= 4 is 0 Å². The van der Waals surface area contributed by atoms with Crippen LogP contribution in [0.15, 0.2) is 48.5 Å². The fourth-order valence-electron chi connectivity index (χ4n) is 3.84. The van der Waals surface area contributed by atoms with E-state index in [2.05, 4.69) is 0 Å². The average Bonchev–Trinajstić information content (AvgIpc) is 2.63. The SMILES string of the molecule is OC[C@H](c1ccc(-c2ccc(C(F)(F)F)cc2)cc1)C1CCCCC1. The van der Waals surface area contributed by atoms with Gasteiger partial charge in [0.1, 0.15) is 0 Å². The van der Waals surface area contributed by atoms with Crippen LogP contribution >= 0.6 is 0 Å². The van der Waals surface area contributed by atoms with E-state index in [1.54, 1.807) is 0 Å². The summed E-state index contributed by atoms with van der Waals surface area (Å²) < 4.78 is 38.0. The summed E-state index contributed by atoms with van der Waals surface area (Å²) in [5.74, 6) is 0.678. The second-order valence-electron chi connectivity index (χ2n) is 6.88. The minimum absolute atomic E-state index is 0.143. The van der Waals surface area contributed by atoms with Crippen molar-refractivity contribution in [2.45, 2.75) is 44.2 Å². The molecule has 0 saturated heterocycles. The molecule has 0 radical (unpaired) electrons. The predicted molar refractivity (Wildman–Crippen MR) is 93.3 cm³/mol. The number of hydrogen-bond acceptors (Lipinski definition) is 1. The summed E-state index contributed by atoms with van der Waals surface area (Å²) >= 11 is 0. The Balaban J connectivity index is 1.77. The summed E-state index contributed by atoms with van der Waals surface area (Å²) in [5, 5.41) is 9.82. The number of alkyl halides is 3. The van der Waals surface area contributed by atoms with Gasteiger partial charge in [0.2, 0.25) is 0 Å². The van der Waals surface area contributed by atoms with Gasteiger partial charge in [-0.25, -0.2) is 0 Å². The molecule has 1 N–H and O–H groups in total. The maximum Gasteiger partial charge on any atom is 0.416 e. The number of aliphatic hydroxyl groups excluding tert-OH is 1. The van der Waals surface area contributed by atoms with Crippen LogP contribution in [0.5, 0.6) is 0 Å². The van der Waals surface area contributed by atoms with E-state index < -0.39 is 11.7 Å². The van der Waals surface area contributed by atoms with Crippen molar-refractivity contribution in [2.24, 2.45) is 5.92 Å². The van der Waals surface area contributed by atoms with Gasteiger partial charge in [-0.3, -0.25) is 0 Å². The van der Waals surface area contributed by atoms with Crippen LogP contribution in [-0.2, 0) is 6.18 Å². The first-order valence-corrected chi connectivity index (χ1v) is 8.87. The van der Waals surface area contributed by atoms with Crippen molar-refractivity contribution < 1.29 is 18.3 Å². The van der Waals surface area contributed by atoms with Crippen molar-refractivity contribution in [2.75, 3.05) is 6.61 Å². The summed E-state index contributed by atoms with van der Waals surface area (Å²) in [5.41, 5.74) is 2.13. The van der Waals surface area contributed by atoms with Crippen LogP contribution in [0.4, 0.5) is 13.2 Å². The third kappa shape index (κ3) is 4.24. The van der Waals surface area contributed by atoms with E-state index in [-0.39, 0.29) is 12.5 Å². The Morgan fingerprint density at radius 1 is 0.840 bits per heavy atom. The van der Waals surface area contributed by atoms with Crippen LogP contribution in [0.2, 0.25) is 0 Å². The molecule has 0 heterocycles. The van der Waals surface area contributed by atoms with Gasteiger partial charge in [0, 0.05) is 5.92 Å². The lowest BCUT2D eigenvalue weighted by atomic mass is 9.77. The number of halogens is 3. The maximum absolute atomic E-state index is 12.7. The highest BCUT2D eigenvalue weighted by Gasteiger charge is 2.30. The molecule has 25 heavy (non-hydrogen) atoms. The molecule has 1 aliphatic rings. The molecule has 1 saturated carbocycles. The molecule has 2 aromatic rings. The van der Waals surface area contributed by atoms with Gasteiger partial charge < -0.3 is 5.11 Å². The Kier molecular flexibility index (Phi) is 5.48. The number of rotatable bonds is 4. The zero-order chi connectivity index (χ0) is 17.9. The van der Waals surface area contributed by atoms with Crippen molar-refractivity contribution in [3.8, 4) is 11.1 Å². The first kappa shape index (κ1) is 18.0. The molecule has 4 heteroatoms. The molecule has 3 rings (SSSR count). The van der Waals surface area contributed by atoms with Gasteiger partial charge in [0.05, 0.1) is 12.2 Å². The molecule has 1 nitrogen and oxygen atoms in total. The molecule has 1 aliphatic carbocycles.